The number of methoxy groups -OCH3 is 2. The van der Waals surface area contributed by atoms with E-state index in [-0.39, 0.29) is 11.5 Å². The fourth-order valence-corrected chi connectivity index (χ4v) is 16.9. The summed E-state index contributed by atoms with van der Waals surface area (Å²) < 4.78 is 28.9. The molecule has 4 aliphatic rings. The van der Waals surface area contributed by atoms with E-state index in [1.807, 2.05) is 40.9 Å². The molecule has 2 fully saturated rings. The molecule has 0 bridgehead atoms. The number of ether oxygens (including phenoxy) is 4. The number of allylic oxidation sites excluding steroid dienone is 1. The Bertz CT molecular complexity index is 2680. The summed E-state index contributed by atoms with van der Waals surface area (Å²) in [6, 6.07) is 11.9. The number of aliphatic imine (C=N–C) groups is 1. The average Bonchev–Trinajstić information content (AvgIpc) is 4.10. The predicted octanol–water partition coefficient (Wildman–Crippen LogP) is 14.3. The molecule has 0 saturated heterocycles. The Kier molecular flexibility index (Phi) is 9.26. The van der Waals surface area contributed by atoms with E-state index in [2.05, 4.69) is 26.8 Å². The van der Waals surface area contributed by atoms with Crippen molar-refractivity contribution in [2.45, 2.75) is 75.4 Å². The zero-order valence-corrected chi connectivity index (χ0v) is 36.2. The Balaban J connectivity index is 1.15. The van der Waals surface area contributed by atoms with Gasteiger partial charge in [0.05, 0.1) is 75.3 Å². The fraction of sp³-hybridized carbons (Fsp3) is 0.326. The Morgan fingerprint density at radius 1 is 0.672 bits per heavy atom. The zero-order valence-electron chi connectivity index (χ0n) is 31.3. The average molecular weight is 874 g/mol. The summed E-state index contributed by atoms with van der Waals surface area (Å²) in [6.07, 6.45) is 12.3. The predicted molar refractivity (Wildman–Crippen MR) is 236 cm³/mol. The second-order valence-electron chi connectivity index (χ2n) is 14.6. The topological polar surface area (TPSA) is 106 Å². The summed E-state index contributed by atoms with van der Waals surface area (Å²) in [7, 11) is 3.29. The van der Waals surface area contributed by atoms with Gasteiger partial charge < -0.3 is 23.8 Å². The largest absolute Gasteiger partial charge is 0.495 e. The number of thiophene rings is 6. The SMILES string of the molecule is [C-]#[N+]/C(C#N)=N\c1cc(OC)c(-c2cc3c(s2)-c2sc4c5c(sc4c2C2(CCCCC2)O3)-c2sc(-c3sc(/C=C(\C#N)[N+]#[C-])cc3OC)cc2OC52CCCCC2)s1. The summed E-state index contributed by atoms with van der Waals surface area (Å²) in [5.41, 5.74) is 1.86. The third-order valence-corrected chi connectivity index (χ3v) is 18.9. The Labute approximate surface area is 358 Å². The first kappa shape index (κ1) is 37.3. The minimum atomic E-state index is -0.428. The maximum atomic E-state index is 9.41. The van der Waals surface area contributed by atoms with E-state index in [1.165, 1.54) is 65.8 Å². The summed E-state index contributed by atoms with van der Waals surface area (Å²) in [5, 5.41) is 19.3. The van der Waals surface area contributed by atoms with E-state index in [9.17, 15) is 10.5 Å². The minimum absolute atomic E-state index is 0.0406. The monoisotopic (exact) mass is 873 g/mol. The lowest BCUT2D eigenvalue weighted by molar-refractivity contribution is 0.0258. The normalized spacial score (nSPS) is 17.5. The Morgan fingerprint density at radius 3 is 1.69 bits per heavy atom. The molecule has 0 radical (unpaired) electrons. The molecular weight excluding hydrogens is 843 g/mol. The smallest absolute Gasteiger partial charge is 0.350 e. The van der Waals surface area contributed by atoms with Crippen LogP contribution in [0.2, 0.25) is 0 Å². The van der Waals surface area contributed by atoms with Crippen LogP contribution in [-0.2, 0) is 11.2 Å². The van der Waals surface area contributed by atoms with Crippen molar-refractivity contribution in [3.63, 3.8) is 0 Å². The Morgan fingerprint density at radius 2 is 1.21 bits per heavy atom. The van der Waals surface area contributed by atoms with Crippen LogP contribution in [0, 0.1) is 35.8 Å². The molecule has 0 aromatic carbocycles. The van der Waals surface area contributed by atoms with Crippen LogP contribution in [0.3, 0.4) is 0 Å². The molecule has 2 aliphatic heterocycles. The number of hydrogen-bond acceptors (Lipinski definition) is 13. The summed E-state index contributed by atoms with van der Waals surface area (Å²) >= 11 is 10.2. The van der Waals surface area contributed by atoms with Crippen molar-refractivity contribution in [2.75, 3.05) is 14.2 Å². The number of hydrogen-bond donors (Lipinski definition) is 0. The van der Waals surface area contributed by atoms with Gasteiger partial charge in [0.1, 0.15) is 40.3 Å². The number of amidine groups is 1. The zero-order chi connectivity index (χ0) is 39.8. The van der Waals surface area contributed by atoms with Crippen LogP contribution in [0.4, 0.5) is 5.00 Å². The van der Waals surface area contributed by atoms with Crippen LogP contribution in [0.1, 0.15) is 80.2 Å². The highest BCUT2D eigenvalue weighted by atomic mass is 32.1. The van der Waals surface area contributed by atoms with E-state index in [1.54, 1.807) is 49.0 Å². The highest BCUT2D eigenvalue weighted by molar-refractivity contribution is 7.35. The molecule has 2 saturated carbocycles. The van der Waals surface area contributed by atoms with Crippen LogP contribution in [-0.4, -0.2) is 20.1 Å². The first-order chi connectivity index (χ1) is 28.3. The molecule has 0 unspecified atom stereocenters. The molecule has 0 atom stereocenters. The van der Waals surface area contributed by atoms with Crippen LogP contribution in [0.5, 0.6) is 23.0 Å². The summed E-state index contributed by atoms with van der Waals surface area (Å²) in [5.74, 6) is 2.99. The van der Waals surface area contributed by atoms with Gasteiger partial charge in [-0.15, -0.1) is 56.7 Å². The van der Waals surface area contributed by atoms with E-state index in [0.29, 0.717) is 16.5 Å². The molecule has 0 amide bonds. The van der Waals surface area contributed by atoms with Gasteiger partial charge in [0, 0.05) is 34.2 Å². The van der Waals surface area contributed by atoms with Gasteiger partial charge >= 0.3 is 5.84 Å². The van der Waals surface area contributed by atoms with Crippen LogP contribution in [0.15, 0.2) is 35.0 Å². The van der Waals surface area contributed by atoms with Gasteiger partial charge in [-0.1, -0.05) is 35.7 Å². The molecule has 6 aromatic heterocycles. The second-order valence-corrected chi connectivity index (χ2v) is 20.9. The van der Waals surface area contributed by atoms with Gasteiger partial charge in [-0.25, -0.2) is 15.4 Å². The molecule has 0 N–H and O–H groups in total. The van der Waals surface area contributed by atoms with Gasteiger partial charge in [-0.2, -0.15) is 0 Å². The van der Waals surface area contributed by atoms with Crippen molar-refractivity contribution in [3.05, 3.63) is 68.8 Å². The molecule has 15 heteroatoms. The molecule has 58 heavy (non-hydrogen) atoms. The summed E-state index contributed by atoms with van der Waals surface area (Å²) in [6.45, 7) is 14.7. The van der Waals surface area contributed by atoms with Crippen molar-refractivity contribution in [1.82, 2.24) is 0 Å². The minimum Gasteiger partial charge on any atom is -0.495 e. The van der Waals surface area contributed by atoms with Crippen molar-refractivity contribution >= 4 is 94.3 Å². The number of rotatable bonds is 6. The first-order valence-electron chi connectivity index (χ1n) is 18.8. The maximum absolute atomic E-state index is 9.41. The molecule has 288 valence electrons. The molecular formula is C43H31N5O4S6. The van der Waals surface area contributed by atoms with Crippen molar-refractivity contribution in [3.8, 4) is 74.2 Å². The van der Waals surface area contributed by atoms with Crippen LogP contribution in [0.25, 0.3) is 64.2 Å². The molecule has 8 heterocycles. The molecule has 2 spiro atoms. The maximum Gasteiger partial charge on any atom is 0.350 e. The van der Waals surface area contributed by atoms with Gasteiger partial charge in [0.2, 0.25) is 5.00 Å². The van der Waals surface area contributed by atoms with Crippen molar-refractivity contribution in [2.24, 2.45) is 4.99 Å². The number of nitrogens with zero attached hydrogens (tertiary/aromatic N) is 5. The number of fused-ring (bicyclic) bond motifs is 11. The van der Waals surface area contributed by atoms with Gasteiger partial charge in [0.15, 0.2) is 0 Å². The molecule has 2 aliphatic carbocycles. The quantitative estimate of drug-likeness (QED) is 0.0714. The lowest BCUT2D eigenvalue weighted by Crippen LogP contribution is -2.37. The molecule has 6 aromatic rings. The first-order valence-corrected chi connectivity index (χ1v) is 23.7. The van der Waals surface area contributed by atoms with E-state index < -0.39 is 11.2 Å². The van der Waals surface area contributed by atoms with E-state index in [4.69, 9.17) is 32.1 Å². The van der Waals surface area contributed by atoms with Gasteiger partial charge in [0.25, 0.3) is 5.70 Å². The third-order valence-electron chi connectivity index (χ3n) is 11.4. The molecule has 10 rings (SSSR count). The third kappa shape index (κ3) is 5.75. The highest BCUT2D eigenvalue weighted by Gasteiger charge is 2.50. The van der Waals surface area contributed by atoms with Gasteiger partial charge in [-0.05, 0) is 63.5 Å². The molecule has 9 nitrogen and oxygen atoms in total. The fourth-order valence-electron chi connectivity index (χ4n) is 8.93. The second kappa shape index (κ2) is 14.4. The number of nitriles is 2. The Hall–Kier alpha value is -4.97. The van der Waals surface area contributed by atoms with Crippen molar-refractivity contribution < 1.29 is 18.9 Å². The van der Waals surface area contributed by atoms with Crippen molar-refractivity contribution in [1.29, 1.82) is 10.5 Å². The van der Waals surface area contributed by atoms with E-state index >= 15 is 0 Å². The van der Waals surface area contributed by atoms with E-state index in [0.717, 1.165) is 97.0 Å². The van der Waals surface area contributed by atoms with Crippen LogP contribution >= 0.6 is 68.0 Å². The lowest BCUT2D eigenvalue weighted by atomic mass is 9.76. The lowest BCUT2D eigenvalue weighted by Gasteiger charge is -2.41. The standard InChI is InChI=1S/C43H31N5O4S6/c1-46-22(20-44)15-23-16-24(49-3)34(53-23)28-17-26-36(54-28)38-32(42(51-26)11-7-5-8-12-42)40-41(57-38)33-39(58-40)37-27(52-43(33)13-9-6-10-14-43)18-29(55-37)35-25(50-4)19-31(56-35)48-30(21-45)47-2/h15-19H,5-14H2,3-4H3/b22-15+,48-30-. The highest BCUT2D eigenvalue weighted by Crippen LogP contribution is 2.67. The van der Waals surface area contributed by atoms with Gasteiger partial charge in [-0.3, -0.25) is 0 Å². The summed E-state index contributed by atoms with van der Waals surface area (Å²) in [4.78, 5) is 20.5. The van der Waals surface area contributed by atoms with Crippen LogP contribution < -0.4 is 18.9 Å².